The van der Waals surface area contributed by atoms with E-state index in [-0.39, 0.29) is 81.6 Å². The molecule has 0 bridgehead atoms. The van der Waals surface area contributed by atoms with Gasteiger partial charge in [0, 0.05) is 72.7 Å². The Labute approximate surface area is 238 Å². The van der Waals surface area contributed by atoms with Gasteiger partial charge < -0.3 is 12.3 Å². The predicted octanol–water partition coefficient (Wildman–Crippen LogP) is 7.80. The van der Waals surface area contributed by atoms with Gasteiger partial charge in [0.15, 0.2) is 0 Å². The molecule has 1 nitrogen and oxygen atoms in total. The van der Waals surface area contributed by atoms with Crippen molar-refractivity contribution in [2.75, 3.05) is 4.90 Å². The molecule has 0 aromatic heterocycles. The molecule has 4 radical (unpaired) electrons. The zero-order valence-corrected chi connectivity index (χ0v) is 23.3. The normalized spacial score (nSPS) is 9.38. The van der Waals surface area contributed by atoms with Crippen LogP contribution in [0.4, 0.5) is 17.1 Å². The molecule has 5 aromatic rings. The van der Waals surface area contributed by atoms with E-state index in [9.17, 15) is 0 Å². The topological polar surface area (TPSA) is 3.24 Å². The Morgan fingerprint density at radius 2 is 1.03 bits per heavy atom. The third kappa shape index (κ3) is 5.45. The third-order valence-corrected chi connectivity index (χ3v) is 5.16. The van der Waals surface area contributed by atoms with Crippen LogP contribution in [0.15, 0.2) is 103 Å². The smallest absolute Gasteiger partial charge is 0.358 e. The first kappa shape index (κ1) is 30.8. The molecule has 32 heavy (non-hydrogen) atoms. The van der Waals surface area contributed by atoms with Gasteiger partial charge in [-0.1, -0.05) is 48.5 Å². The van der Waals surface area contributed by atoms with Crippen molar-refractivity contribution in [3.05, 3.63) is 123 Å². The van der Waals surface area contributed by atoms with Crippen LogP contribution >= 0.6 is 0 Å². The predicted molar refractivity (Wildman–Crippen MR) is 123 cm³/mol. The van der Waals surface area contributed by atoms with E-state index in [0.717, 1.165) is 16.9 Å². The summed E-state index contributed by atoms with van der Waals surface area (Å²) in [5.41, 5.74) is 4.57. The molecule has 0 heterocycles. The van der Waals surface area contributed by atoms with Gasteiger partial charge in [-0.05, 0) is 24.3 Å². The van der Waals surface area contributed by atoms with E-state index in [1.807, 2.05) is 0 Å². The first-order valence-corrected chi connectivity index (χ1v) is 9.17. The molecule has 0 amide bonds. The van der Waals surface area contributed by atoms with Crippen LogP contribution in [0.25, 0.3) is 21.5 Å². The van der Waals surface area contributed by atoms with Crippen LogP contribution in [0.3, 0.4) is 0 Å². The molecular formula is C27H22NV4-. The summed E-state index contributed by atoms with van der Waals surface area (Å²) in [5.74, 6) is 0. The van der Waals surface area contributed by atoms with Crippen molar-refractivity contribution in [3.8, 4) is 0 Å². The monoisotopic (exact) mass is 564 g/mol. The van der Waals surface area contributed by atoms with Gasteiger partial charge in [0.1, 0.15) is 0 Å². The third-order valence-electron chi connectivity index (χ3n) is 5.16. The van der Waals surface area contributed by atoms with Crippen LogP contribution in [0, 0.1) is 14.4 Å². The summed E-state index contributed by atoms with van der Waals surface area (Å²) < 4.78 is 0. The SMILES string of the molecule is [CH2-][c-]1c2ccccc2c2c(N(c3ccccc3)c3ccccc3)cccc21.[CH3-].[V+2].[V].[V].[V]. The van der Waals surface area contributed by atoms with Gasteiger partial charge in [0.05, 0.1) is 0 Å². The molecular weight excluding hydrogens is 542 g/mol. The Morgan fingerprint density at radius 3 is 1.59 bits per heavy atom. The van der Waals surface area contributed by atoms with Crippen molar-refractivity contribution in [1.82, 2.24) is 0 Å². The van der Waals surface area contributed by atoms with Gasteiger partial charge >= 0.3 is 18.6 Å². The summed E-state index contributed by atoms with van der Waals surface area (Å²) in [4.78, 5) is 2.33. The van der Waals surface area contributed by atoms with Crippen molar-refractivity contribution in [1.29, 1.82) is 0 Å². The fraction of sp³-hybridized carbons (Fsp3) is 0. The van der Waals surface area contributed by atoms with E-state index < -0.39 is 0 Å². The van der Waals surface area contributed by atoms with Crippen LogP contribution in [0.5, 0.6) is 0 Å². The Balaban J connectivity index is 0.00000192. The molecule has 0 saturated heterocycles. The van der Waals surface area contributed by atoms with E-state index in [1.54, 1.807) is 0 Å². The number of benzene rings is 4. The second-order valence-electron chi connectivity index (χ2n) is 6.73. The molecule has 0 spiro atoms. The maximum absolute atomic E-state index is 4.36. The Bertz CT molecular complexity index is 1190. The van der Waals surface area contributed by atoms with Gasteiger partial charge in [0.25, 0.3) is 0 Å². The number of anilines is 3. The van der Waals surface area contributed by atoms with E-state index >= 15 is 0 Å². The van der Waals surface area contributed by atoms with Crippen molar-refractivity contribution in [2.45, 2.75) is 0 Å². The van der Waals surface area contributed by atoms with Crippen molar-refractivity contribution < 1.29 is 74.2 Å². The maximum Gasteiger partial charge on any atom is 2.00 e. The van der Waals surface area contributed by atoms with E-state index in [0.29, 0.717) is 0 Å². The van der Waals surface area contributed by atoms with Gasteiger partial charge in [-0.3, -0.25) is 5.56 Å². The number of hydrogen-bond donors (Lipinski definition) is 0. The number of rotatable bonds is 3. The van der Waals surface area contributed by atoms with Crippen LogP contribution in [0.1, 0.15) is 5.56 Å². The molecule has 0 unspecified atom stereocenters. The number of para-hydroxylation sites is 2. The summed E-state index contributed by atoms with van der Waals surface area (Å²) >= 11 is 0. The van der Waals surface area contributed by atoms with Gasteiger partial charge in [-0.15, -0.1) is 18.2 Å². The molecule has 0 aliphatic carbocycles. The van der Waals surface area contributed by atoms with Gasteiger partial charge in [-0.2, -0.15) is 22.9 Å². The average Bonchev–Trinajstić information content (AvgIpc) is 3.03. The van der Waals surface area contributed by atoms with Crippen LogP contribution < -0.4 is 4.90 Å². The molecule has 0 aliphatic heterocycles. The van der Waals surface area contributed by atoms with E-state index in [2.05, 4.69) is 115 Å². The molecule has 5 rings (SSSR count). The zero-order chi connectivity index (χ0) is 18.2. The molecule has 5 aromatic carbocycles. The van der Waals surface area contributed by atoms with Crippen molar-refractivity contribution >= 4 is 38.6 Å². The van der Waals surface area contributed by atoms with Crippen LogP contribution in [0.2, 0.25) is 0 Å². The van der Waals surface area contributed by atoms with E-state index in [4.69, 9.17) is 0 Å². The molecule has 156 valence electrons. The first-order chi connectivity index (χ1) is 13.3. The minimum absolute atomic E-state index is 0. The summed E-state index contributed by atoms with van der Waals surface area (Å²) in [6.45, 7) is 4.36. The summed E-state index contributed by atoms with van der Waals surface area (Å²) in [5, 5.41) is 4.95. The molecule has 0 N–H and O–H groups in total. The van der Waals surface area contributed by atoms with Crippen LogP contribution in [-0.4, -0.2) is 0 Å². The summed E-state index contributed by atoms with van der Waals surface area (Å²) in [7, 11) is 0. The minimum atomic E-state index is 0. The number of hydrogen-bond acceptors (Lipinski definition) is 1. The minimum Gasteiger partial charge on any atom is -0.358 e. The van der Waals surface area contributed by atoms with Gasteiger partial charge in [-0.25, -0.2) is 17.7 Å². The standard InChI is InChI=1S/C26H19N.CH3.4V/c1-19-22-15-8-9-16-24(22)26-23(19)17-10-18-25(26)27(20-11-4-2-5-12-20)21-13-6-3-7-14-21;;;;;/h2-18H,1H2;1H3;;;;/q-2;-1;;;;+2. The Morgan fingerprint density at radius 1 is 0.562 bits per heavy atom. The molecule has 0 saturated carbocycles. The second kappa shape index (κ2) is 13.5. The molecule has 0 fully saturated rings. The Kier molecular flexibility index (Phi) is 12.9. The summed E-state index contributed by atoms with van der Waals surface area (Å²) in [6.07, 6.45) is 0. The average molecular weight is 564 g/mol. The Hall–Kier alpha value is -1.24. The fourth-order valence-electron chi connectivity index (χ4n) is 3.95. The maximum atomic E-state index is 4.36. The molecule has 5 heteroatoms. The van der Waals surface area contributed by atoms with Crippen molar-refractivity contribution in [2.24, 2.45) is 0 Å². The molecule has 0 aliphatic rings. The van der Waals surface area contributed by atoms with Gasteiger partial charge in [0.2, 0.25) is 0 Å². The number of nitrogens with zero attached hydrogens (tertiary/aromatic N) is 1. The second-order valence-corrected chi connectivity index (χ2v) is 6.73. The van der Waals surface area contributed by atoms with E-state index in [1.165, 1.54) is 27.2 Å². The summed E-state index contributed by atoms with van der Waals surface area (Å²) in [6, 6.07) is 36.1. The molecule has 0 atom stereocenters. The fourth-order valence-corrected chi connectivity index (χ4v) is 3.95. The van der Waals surface area contributed by atoms with Crippen LogP contribution in [-0.2, 0) is 74.2 Å². The first-order valence-electron chi connectivity index (χ1n) is 9.17. The van der Waals surface area contributed by atoms with Crippen molar-refractivity contribution in [3.63, 3.8) is 0 Å². The largest absolute Gasteiger partial charge is 2.00 e. The zero-order valence-electron chi connectivity index (χ0n) is 17.8. The quantitative estimate of drug-likeness (QED) is 0.202. The number of fused-ring (bicyclic) bond motifs is 3.